The third kappa shape index (κ3) is 3.58. The Labute approximate surface area is 137 Å². The molecule has 0 aliphatic carbocycles. The summed E-state index contributed by atoms with van der Waals surface area (Å²) in [6.07, 6.45) is 0. The topological polar surface area (TPSA) is 32.5 Å². The third-order valence-corrected chi connectivity index (χ3v) is 5.67. The fourth-order valence-corrected chi connectivity index (χ4v) is 3.91. The highest BCUT2D eigenvalue weighted by Crippen LogP contribution is 2.33. The summed E-state index contributed by atoms with van der Waals surface area (Å²) in [6, 6.07) is 13.3. The first-order valence-corrected chi connectivity index (χ1v) is 8.79. The molecule has 1 aromatic heterocycles. The molecule has 1 aliphatic heterocycles. The maximum absolute atomic E-state index is 6.00. The second kappa shape index (κ2) is 6.92. The molecule has 2 heterocycles. The summed E-state index contributed by atoms with van der Waals surface area (Å²) in [5.41, 5.74) is 8.78. The highest BCUT2D eigenvalue weighted by atomic mass is 32.1. The molecule has 0 saturated carbocycles. The Morgan fingerprint density at radius 3 is 2.50 bits per heavy atom. The SMILES string of the molecule is CC(N)c1ccc(-c2ccccc2CN2CCN(C)CC2)s1. The first-order chi connectivity index (χ1) is 10.6. The zero-order valence-corrected chi connectivity index (χ0v) is 14.3. The van der Waals surface area contributed by atoms with Crippen LogP contribution >= 0.6 is 11.3 Å². The maximum atomic E-state index is 6.00. The Kier molecular flexibility index (Phi) is 4.93. The minimum atomic E-state index is 0.114. The van der Waals surface area contributed by atoms with Crippen molar-refractivity contribution < 1.29 is 0 Å². The number of rotatable bonds is 4. The number of piperazine rings is 1. The van der Waals surface area contributed by atoms with E-state index >= 15 is 0 Å². The summed E-state index contributed by atoms with van der Waals surface area (Å²) in [6.45, 7) is 7.72. The number of hydrogen-bond acceptors (Lipinski definition) is 4. The van der Waals surface area contributed by atoms with Crippen molar-refractivity contribution in [2.75, 3.05) is 33.2 Å². The molecule has 1 atom stereocenters. The predicted molar refractivity (Wildman–Crippen MR) is 95.1 cm³/mol. The van der Waals surface area contributed by atoms with Gasteiger partial charge in [-0.25, -0.2) is 0 Å². The Morgan fingerprint density at radius 1 is 1.09 bits per heavy atom. The van der Waals surface area contributed by atoms with Crippen LogP contribution in [0.2, 0.25) is 0 Å². The van der Waals surface area contributed by atoms with Crippen LogP contribution in [0.25, 0.3) is 10.4 Å². The van der Waals surface area contributed by atoms with Crippen molar-refractivity contribution in [3.63, 3.8) is 0 Å². The van der Waals surface area contributed by atoms with Crippen molar-refractivity contribution in [2.24, 2.45) is 5.73 Å². The number of benzene rings is 1. The zero-order chi connectivity index (χ0) is 15.5. The van der Waals surface area contributed by atoms with Gasteiger partial charge in [-0.05, 0) is 37.2 Å². The second-order valence-electron chi connectivity index (χ2n) is 6.23. The minimum Gasteiger partial charge on any atom is -0.324 e. The van der Waals surface area contributed by atoms with Gasteiger partial charge in [-0.2, -0.15) is 0 Å². The standard InChI is InChI=1S/C18H25N3S/c1-14(19)17-7-8-18(22-17)16-6-4-3-5-15(16)13-21-11-9-20(2)10-12-21/h3-8,14H,9-13,19H2,1-2H3. The van der Waals surface area contributed by atoms with E-state index in [2.05, 4.69) is 53.2 Å². The normalized spacial score (nSPS) is 18.5. The lowest BCUT2D eigenvalue weighted by Crippen LogP contribution is -2.43. The smallest absolute Gasteiger partial charge is 0.0361 e. The van der Waals surface area contributed by atoms with Gasteiger partial charge in [0.25, 0.3) is 0 Å². The second-order valence-corrected chi connectivity index (χ2v) is 7.34. The van der Waals surface area contributed by atoms with E-state index in [1.165, 1.54) is 20.9 Å². The van der Waals surface area contributed by atoms with Crippen LogP contribution in [0.1, 0.15) is 23.4 Å². The number of likely N-dealkylation sites (N-methyl/N-ethyl adjacent to an activating group) is 1. The summed E-state index contributed by atoms with van der Waals surface area (Å²) >= 11 is 1.82. The molecular weight excluding hydrogens is 290 g/mol. The molecule has 1 fully saturated rings. The van der Waals surface area contributed by atoms with E-state index in [-0.39, 0.29) is 6.04 Å². The van der Waals surface area contributed by atoms with Gasteiger partial charge in [0.15, 0.2) is 0 Å². The van der Waals surface area contributed by atoms with Crippen molar-refractivity contribution in [2.45, 2.75) is 19.5 Å². The Hall–Kier alpha value is -1.20. The van der Waals surface area contributed by atoms with E-state index in [0.29, 0.717) is 0 Å². The molecule has 1 saturated heterocycles. The van der Waals surface area contributed by atoms with Gasteiger partial charge in [-0.15, -0.1) is 11.3 Å². The molecule has 118 valence electrons. The molecule has 1 unspecified atom stereocenters. The maximum Gasteiger partial charge on any atom is 0.0361 e. The van der Waals surface area contributed by atoms with Crippen molar-refractivity contribution in [1.29, 1.82) is 0 Å². The molecule has 22 heavy (non-hydrogen) atoms. The van der Waals surface area contributed by atoms with Crippen LogP contribution in [-0.4, -0.2) is 43.0 Å². The monoisotopic (exact) mass is 315 g/mol. The van der Waals surface area contributed by atoms with Crippen LogP contribution in [0, 0.1) is 0 Å². The van der Waals surface area contributed by atoms with Gasteiger partial charge in [-0.3, -0.25) is 4.90 Å². The average Bonchev–Trinajstić information content (AvgIpc) is 3.00. The molecular formula is C18H25N3S. The highest BCUT2D eigenvalue weighted by Gasteiger charge is 2.16. The van der Waals surface area contributed by atoms with E-state index in [0.717, 1.165) is 32.7 Å². The summed E-state index contributed by atoms with van der Waals surface area (Å²) in [5, 5.41) is 0. The van der Waals surface area contributed by atoms with Gasteiger partial charge < -0.3 is 10.6 Å². The zero-order valence-electron chi connectivity index (χ0n) is 13.5. The van der Waals surface area contributed by atoms with Gasteiger partial charge in [0.2, 0.25) is 0 Å². The quantitative estimate of drug-likeness (QED) is 0.940. The van der Waals surface area contributed by atoms with E-state index in [1.54, 1.807) is 0 Å². The van der Waals surface area contributed by atoms with E-state index < -0.39 is 0 Å². The number of thiophene rings is 1. The van der Waals surface area contributed by atoms with Gasteiger partial charge in [-0.1, -0.05) is 24.3 Å². The van der Waals surface area contributed by atoms with Gasteiger partial charge in [0.1, 0.15) is 0 Å². The molecule has 3 nitrogen and oxygen atoms in total. The van der Waals surface area contributed by atoms with Crippen LogP contribution in [0.15, 0.2) is 36.4 Å². The number of hydrogen-bond donors (Lipinski definition) is 1. The van der Waals surface area contributed by atoms with Gasteiger partial charge in [0.05, 0.1) is 0 Å². The Bertz CT molecular complexity index is 612. The fraction of sp³-hybridized carbons (Fsp3) is 0.444. The van der Waals surface area contributed by atoms with Crippen LogP contribution in [0.4, 0.5) is 0 Å². The predicted octanol–water partition coefficient (Wildman–Crippen LogP) is 3.18. The molecule has 2 N–H and O–H groups in total. The lowest BCUT2D eigenvalue weighted by atomic mass is 10.1. The van der Waals surface area contributed by atoms with Crippen LogP contribution in [0.3, 0.4) is 0 Å². The van der Waals surface area contributed by atoms with Crippen molar-refractivity contribution in [3.8, 4) is 10.4 Å². The lowest BCUT2D eigenvalue weighted by Gasteiger charge is -2.32. The molecule has 0 radical (unpaired) electrons. The van der Waals surface area contributed by atoms with Gasteiger partial charge >= 0.3 is 0 Å². The van der Waals surface area contributed by atoms with E-state index in [9.17, 15) is 0 Å². The first kappa shape index (κ1) is 15.7. The van der Waals surface area contributed by atoms with Crippen molar-refractivity contribution in [1.82, 2.24) is 9.80 Å². The Balaban J connectivity index is 1.80. The molecule has 2 aromatic rings. The Morgan fingerprint density at radius 2 is 1.82 bits per heavy atom. The molecule has 3 rings (SSSR count). The molecule has 0 amide bonds. The van der Waals surface area contributed by atoms with Crippen LogP contribution < -0.4 is 5.73 Å². The number of nitrogens with two attached hydrogens (primary N) is 1. The molecule has 1 aliphatic rings. The highest BCUT2D eigenvalue weighted by molar-refractivity contribution is 7.15. The largest absolute Gasteiger partial charge is 0.324 e. The molecule has 0 spiro atoms. The van der Waals surface area contributed by atoms with Crippen molar-refractivity contribution in [3.05, 3.63) is 46.8 Å². The van der Waals surface area contributed by atoms with E-state index in [1.807, 2.05) is 18.3 Å². The third-order valence-electron chi connectivity index (χ3n) is 4.35. The number of nitrogens with zero attached hydrogens (tertiary/aromatic N) is 2. The molecule has 0 bridgehead atoms. The summed E-state index contributed by atoms with van der Waals surface area (Å²) in [7, 11) is 2.20. The van der Waals surface area contributed by atoms with Crippen molar-refractivity contribution >= 4 is 11.3 Å². The van der Waals surface area contributed by atoms with Gasteiger partial charge in [0, 0.05) is 48.5 Å². The van der Waals surface area contributed by atoms with Crippen LogP contribution in [0.5, 0.6) is 0 Å². The summed E-state index contributed by atoms with van der Waals surface area (Å²) < 4.78 is 0. The van der Waals surface area contributed by atoms with E-state index in [4.69, 9.17) is 5.73 Å². The lowest BCUT2D eigenvalue weighted by molar-refractivity contribution is 0.148. The van der Waals surface area contributed by atoms with Crippen LogP contribution in [-0.2, 0) is 6.54 Å². The fourth-order valence-electron chi connectivity index (χ4n) is 2.89. The molecule has 4 heteroatoms. The summed E-state index contributed by atoms with van der Waals surface area (Å²) in [4.78, 5) is 7.54. The first-order valence-electron chi connectivity index (χ1n) is 7.98. The molecule has 1 aromatic carbocycles. The summed E-state index contributed by atoms with van der Waals surface area (Å²) in [5.74, 6) is 0. The minimum absolute atomic E-state index is 0.114. The average molecular weight is 315 g/mol.